The van der Waals surface area contributed by atoms with E-state index < -0.39 is 4.81 Å². The predicted molar refractivity (Wildman–Crippen MR) is 75.5 cm³/mol. The monoisotopic (exact) mass is 257 g/mol. The van der Waals surface area contributed by atoms with Crippen LogP contribution in [0.5, 0.6) is 0 Å². The average molecular weight is 257 g/mol. The molecule has 3 heteroatoms. The summed E-state index contributed by atoms with van der Waals surface area (Å²) in [5.74, 6) is 0. The highest BCUT2D eigenvalue weighted by atomic mass is 16.9. The quantitative estimate of drug-likeness (QED) is 0.584. The van der Waals surface area contributed by atoms with Gasteiger partial charge in [0.05, 0.1) is 0 Å². The standard InChI is InChI=1S/C16H19NO2/c1-2-19-17(18,13-15-9-5-3-6-10-15)14-16-11-7-4-8-12-16/h3-12H,2,13-14H2,1H3. The van der Waals surface area contributed by atoms with E-state index in [2.05, 4.69) is 0 Å². The highest BCUT2D eigenvalue weighted by Gasteiger charge is 2.19. The van der Waals surface area contributed by atoms with Gasteiger partial charge in [-0.15, -0.1) is 0 Å². The molecule has 2 aromatic rings. The molecular weight excluding hydrogens is 238 g/mol. The normalized spacial score (nSPS) is 11.5. The number of hydrogen-bond acceptors (Lipinski definition) is 2. The summed E-state index contributed by atoms with van der Waals surface area (Å²) in [5.41, 5.74) is 1.98. The van der Waals surface area contributed by atoms with Crippen LogP contribution in [-0.2, 0) is 17.9 Å². The molecular formula is C16H19NO2. The van der Waals surface area contributed by atoms with E-state index in [0.717, 1.165) is 11.1 Å². The van der Waals surface area contributed by atoms with Crippen molar-refractivity contribution in [2.24, 2.45) is 0 Å². The van der Waals surface area contributed by atoms with Crippen LogP contribution in [0.4, 0.5) is 0 Å². The summed E-state index contributed by atoms with van der Waals surface area (Å²) in [6.45, 7) is 2.90. The van der Waals surface area contributed by atoms with Crippen molar-refractivity contribution in [1.82, 2.24) is 0 Å². The van der Waals surface area contributed by atoms with E-state index >= 15 is 0 Å². The van der Waals surface area contributed by atoms with Crippen molar-refractivity contribution < 1.29 is 9.65 Å². The van der Waals surface area contributed by atoms with Gasteiger partial charge in [0.1, 0.15) is 19.7 Å². The van der Waals surface area contributed by atoms with Crippen molar-refractivity contribution in [2.45, 2.75) is 20.0 Å². The maximum absolute atomic E-state index is 12.8. The summed E-state index contributed by atoms with van der Waals surface area (Å²) in [6, 6.07) is 19.5. The van der Waals surface area contributed by atoms with E-state index in [-0.39, 0.29) is 0 Å². The fraction of sp³-hybridized carbons (Fsp3) is 0.250. The van der Waals surface area contributed by atoms with Crippen LogP contribution in [0.25, 0.3) is 0 Å². The largest absolute Gasteiger partial charge is 0.598 e. The van der Waals surface area contributed by atoms with Crippen LogP contribution in [0.2, 0.25) is 0 Å². The third-order valence-corrected chi connectivity index (χ3v) is 2.90. The van der Waals surface area contributed by atoms with Crippen LogP contribution in [0.3, 0.4) is 0 Å². The van der Waals surface area contributed by atoms with Crippen LogP contribution in [0.15, 0.2) is 60.7 Å². The molecule has 0 heterocycles. The van der Waals surface area contributed by atoms with Gasteiger partial charge < -0.3 is 5.21 Å². The topological polar surface area (TPSA) is 32.3 Å². The number of hydroxylamine groups is 4. The number of quaternary nitrogens is 1. The van der Waals surface area contributed by atoms with Crippen molar-refractivity contribution >= 4 is 0 Å². The Morgan fingerprint density at radius 2 is 1.26 bits per heavy atom. The fourth-order valence-corrected chi connectivity index (χ4v) is 2.11. The van der Waals surface area contributed by atoms with Crippen molar-refractivity contribution in [1.29, 1.82) is 0 Å². The van der Waals surface area contributed by atoms with E-state index in [1.807, 2.05) is 67.6 Å². The van der Waals surface area contributed by atoms with Gasteiger partial charge in [-0.05, 0) is 6.92 Å². The van der Waals surface area contributed by atoms with Gasteiger partial charge >= 0.3 is 0 Å². The van der Waals surface area contributed by atoms with Gasteiger partial charge in [-0.1, -0.05) is 60.7 Å². The second-order valence-corrected chi connectivity index (χ2v) is 4.52. The van der Waals surface area contributed by atoms with Crippen LogP contribution in [0, 0.1) is 5.21 Å². The summed E-state index contributed by atoms with van der Waals surface area (Å²) in [7, 11) is 0. The van der Waals surface area contributed by atoms with Crippen molar-refractivity contribution in [3.63, 3.8) is 0 Å². The zero-order valence-corrected chi connectivity index (χ0v) is 11.2. The summed E-state index contributed by atoms with van der Waals surface area (Å²) in [4.78, 5) is 4.74. The van der Waals surface area contributed by atoms with E-state index in [1.54, 1.807) is 0 Å². The van der Waals surface area contributed by atoms with Crippen LogP contribution < -0.4 is 0 Å². The van der Waals surface area contributed by atoms with Gasteiger partial charge in [-0.3, -0.25) is 0 Å². The highest BCUT2D eigenvalue weighted by molar-refractivity contribution is 5.15. The Balaban J connectivity index is 2.13. The van der Waals surface area contributed by atoms with Crippen molar-refractivity contribution in [3.8, 4) is 0 Å². The second kappa shape index (κ2) is 6.48. The molecule has 0 saturated carbocycles. The highest BCUT2D eigenvalue weighted by Crippen LogP contribution is 2.19. The SMILES string of the molecule is CCO[N+]([O-])(Cc1ccccc1)Cc1ccccc1. The Labute approximate surface area is 114 Å². The molecule has 0 fully saturated rings. The molecule has 0 radical (unpaired) electrons. The third kappa shape index (κ3) is 4.17. The van der Waals surface area contributed by atoms with Gasteiger partial charge in [0.15, 0.2) is 0 Å². The Morgan fingerprint density at radius 1 is 0.842 bits per heavy atom. The number of benzene rings is 2. The third-order valence-electron chi connectivity index (χ3n) is 2.90. The molecule has 2 aromatic carbocycles. The van der Waals surface area contributed by atoms with Crippen molar-refractivity contribution in [2.75, 3.05) is 6.61 Å². The molecule has 0 aliphatic carbocycles. The number of rotatable bonds is 6. The Hall–Kier alpha value is -1.68. The summed E-state index contributed by atoms with van der Waals surface area (Å²) >= 11 is 0. The smallest absolute Gasteiger partial charge is 0.134 e. The van der Waals surface area contributed by atoms with Gasteiger partial charge in [-0.25, -0.2) is 9.65 Å². The van der Waals surface area contributed by atoms with Crippen LogP contribution in [-0.4, -0.2) is 11.4 Å². The maximum Gasteiger partial charge on any atom is 0.134 e. The lowest BCUT2D eigenvalue weighted by molar-refractivity contribution is -1.09. The van der Waals surface area contributed by atoms with Gasteiger partial charge in [0.2, 0.25) is 0 Å². The van der Waals surface area contributed by atoms with E-state index in [9.17, 15) is 5.21 Å². The Kier molecular flexibility index (Phi) is 4.68. The molecule has 0 bridgehead atoms. The van der Waals surface area contributed by atoms with Crippen molar-refractivity contribution in [3.05, 3.63) is 77.0 Å². The lowest BCUT2D eigenvalue weighted by atomic mass is 10.2. The average Bonchev–Trinajstić information content (AvgIpc) is 2.41. The first-order valence-corrected chi connectivity index (χ1v) is 6.52. The lowest BCUT2D eigenvalue weighted by Gasteiger charge is -2.38. The molecule has 100 valence electrons. The maximum atomic E-state index is 12.8. The van der Waals surface area contributed by atoms with E-state index in [0.29, 0.717) is 19.7 Å². The Bertz CT molecular complexity index is 443. The zero-order valence-electron chi connectivity index (χ0n) is 11.2. The summed E-state index contributed by atoms with van der Waals surface area (Å²) in [6.07, 6.45) is 0. The number of hydrogen-bond donors (Lipinski definition) is 0. The minimum atomic E-state index is -0.676. The van der Waals surface area contributed by atoms with Gasteiger partial charge in [-0.2, -0.15) is 0 Å². The van der Waals surface area contributed by atoms with Gasteiger partial charge in [0.25, 0.3) is 0 Å². The van der Waals surface area contributed by atoms with E-state index in [1.165, 1.54) is 0 Å². The zero-order chi connectivity index (χ0) is 13.6. The molecule has 0 aromatic heterocycles. The minimum absolute atomic E-state index is 0.323. The minimum Gasteiger partial charge on any atom is -0.598 e. The van der Waals surface area contributed by atoms with Gasteiger partial charge in [0, 0.05) is 11.1 Å². The molecule has 0 aliphatic heterocycles. The Morgan fingerprint density at radius 3 is 1.63 bits per heavy atom. The molecule has 3 nitrogen and oxygen atoms in total. The molecule has 0 spiro atoms. The molecule has 0 amide bonds. The van der Waals surface area contributed by atoms with Crippen LogP contribution >= 0.6 is 0 Å². The molecule has 0 saturated heterocycles. The van der Waals surface area contributed by atoms with E-state index in [4.69, 9.17) is 4.84 Å². The predicted octanol–water partition coefficient (Wildman–Crippen LogP) is 3.65. The second-order valence-electron chi connectivity index (χ2n) is 4.52. The number of nitrogens with zero attached hydrogens (tertiary/aromatic N) is 1. The fourth-order valence-electron chi connectivity index (χ4n) is 2.11. The first-order valence-electron chi connectivity index (χ1n) is 6.52. The molecule has 0 aliphatic rings. The molecule has 19 heavy (non-hydrogen) atoms. The summed E-state index contributed by atoms with van der Waals surface area (Å²) < 4.78 is 0. The first-order chi connectivity index (χ1) is 9.22. The summed E-state index contributed by atoms with van der Waals surface area (Å²) in [5, 5.41) is 12.8. The molecule has 0 atom stereocenters. The first kappa shape index (κ1) is 13.7. The molecule has 2 rings (SSSR count). The molecule has 0 unspecified atom stereocenters. The van der Waals surface area contributed by atoms with Crippen LogP contribution in [0.1, 0.15) is 18.1 Å². The molecule has 0 N–H and O–H groups in total. The lowest BCUT2D eigenvalue weighted by Crippen LogP contribution is -2.40.